The predicted octanol–water partition coefficient (Wildman–Crippen LogP) is 4.78. The molecule has 0 spiro atoms. The maximum absolute atomic E-state index is 12.5. The Labute approximate surface area is 156 Å². The quantitative estimate of drug-likeness (QED) is 0.707. The van der Waals surface area contributed by atoms with Crippen LogP contribution >= 0.6 is 11.3 Å². The molecule has 2 aromatic heterocycles. The summed E-state index contributed by atoms with van der Waals surface area (Å²) in [4.78, 5) is 21.1. The van der Waals surface area contributed by atoms with Crippen LogP contribution in [0.2, 0.25) is 0 Å². The molecule has 3 aromatic rings. The lowest BCUT2D eigenvalue weighted by molar-refractivity contribution is 0.102. The Bertz CT molecular complexity index is 889. The predicted molar refractivity (Wildman–Crippen MR) is 103 cm³/mol. The van der Waals surface area contributed by atoms with Crippen molar-refractivity contribution in [2.75, 3.05) is 5.32 Å². The molecule has 1 saturated carbocycles. The molecule has 0 atom stereocenters. The number of carbonyl (C=O) groups is 1. The molecule has 2 heterocycles. The summed E-state index contributed by atoms with van der Waals surface area (Å²) in [7, 11) is 0. The third-order valence-corrected chi connectivity index (χ3v) is 5.18. The first-order valence-electron chi connectivity index (χ1n) is 8.73. The number of carbonyl (C=O) groups excluding carboxylic acids is 1. The standard InChI is InChI=1S/C20H19N3O2S/c24-19(18-13-26-20(23-18)17-10-3-4-11-21-17)22-14-6-5-9-16(12-14)25-15-7-1-2-8-15/h3-6,9-13,15H,1-2,7-8H2,(H,22,24). The third-order valence-electron chi connectivity index (χ3n) is 4.32. The van der Waals surface area contributed by atoms with Crippen LogP contribution in [0.15, 0.2) is 54.0 Å². The van der Waals surface area contributed by atoms with Crippen molar-refractivity contribution in [3.8, 4) is 16.5 Å². The Hall–Kier alpha value is -2.73. The van der Waals surface area contributed by atoms with Gasteiger partial charge in [-0.2, -0.15) is 0 Å². The van der Waals surface area contributed by atoms with Crippen LogP contribution in [-0.2, 0) is 0 Å². The molecule has 4 rings (SSSR count). The largest absolute Gasteiger partial charge is 0.490 e. The number of anilines is 1. The smallest absolute Gasteiger partial charge is 0.275 e. The molecule has 26 heavy (non-hydrogen) atoms. The molecule has 5 nitrogen and oxygen atoms in total. The van der Waals surface area contributed by atoms with E-state index in [-0.39, 0.29) is 5.91 Å². The van der Waals surface area contributed by atoms with E-state index in [1.165, 1.54) is 24.2 Å². The number of pyridine rings is 1. The number of benzene rings is 1. The summed E-state index contributed by atoms with van der Waals surface area (Å²) in [6.45, 7) is 0. The maximum Gasteiger partial charge on any atom is 0.275 e. The molecule has 1 aromatic carbocycles. The number of ether oxygens (including phenoxy) is 1. The molecular formula is C20H19N3O2S. The fraction of sp³-hybridized carbons (Fsp3) is 0.250. The van der Waals surface area contributed by atoms with E-state index in [2.05, 4.69) is 15.3 Å². The Balaban J connectivity index is 1.44. The van der Waals surface area contributed by atoms with E-state index in [4.69, 9.17) is 4.74 Å². The minimum Gasteiger partial charge on any atom is -0.490 e. The number of nitrogens with one attached hydrogen (secondary N) is 1. The Kier molecular flexibility index (Phi) is 4.93. The summed E-state index contributed by atoms with van der Waals surface area (Å²) in [6.07, 6.45) is 6.66. The number of hydrogen-bond acceptors (Lipinski definition) is 5. The molecule has 0 saturated heterocycles. The SMILES string of the molecule is O=C(Nc1cccc(OC2CCCC2)c1)c1csc(-c2ccccn2)n1. The average Bonchev–Trinajstić information content (AvgIpc) is 3.35. The van der Waals surface area contributed by atoms with Crippen molar-refractivity contribution in [1.82, 2.24) is 9.97 Å². The van der Waals surface area contributed by atoms with Gasteiger partial charge in [-0.25, -0.2) is 4.98 Å². The molecule has 1 amide bonds. The Morgan fingerprint density at radius 2 is 2.04 bits per heavy atom. The summed E-state index contributed by atoms with van der Waals surface area (Å²) >= 11 is 1.41. The summed E-state index contributed by atoms with van der Waals surface area (Å²) in [5, 5.41) is 5.37. The molecule has 0 bridgehead atoms. The summed E-state index contributed by atoms with van der Waals surface area (Å²) in [6, 6.07) is 13.2. The summed E-state index contributed by atoms with van der Waals surface area (Å²) in [5.74, 6) is 0.559. The van der Waals surface area contributed by atoms with Gasteiger partial charge in [-0.1, -0.05) is 12.1 Å². The van der Waals surface area contributed by atoms with E-state index >= 15 is 0 Å². The lowest BCUT2D eigenvalue weighted by Gasteiger charge is -2.14. The van der Waals surface area contributed by atoms with Crippen LogP contribution in [0, 0.1) is 0 Å². The highest BCUT2D eigenvalue weighted by atomic mass is 32.1. The number of nitrogens with zero attached hydrogens (tertiary/aromatic N) is 2. The second-order valence-electron chi connectivity index (χ2n) is 6.26. The molecule has 6 heteroatoms. The topological polar surface area (TPSA) is 64.1 Å². The minimum atomic E-state index is -0.235. The van der Waals surface area contributed by atoms with Crippen molar-refractivity contribution in [1.29, 1.82) is 0 Å². The lowest BCUT2D eigenvalue weighted by Crippen LogP contribution is -2.13. The van der Waals surface area contributed by atoms with Crippen molar-refractivity contribution >= 4 is 22.9 Å². The molecule has 1 aliphatic rings. The normalized spacial score (nSPS) is 14.3. The van der Waals surface area contributed by atoms with Crippen molar-refractivity contribution < 1.29 is 9.53 Å². The van der Waals surface area contributed by atoms with E-state index in [9.17, 15) is 4.79 Å². The van der Waals surface area contributed by atoms with Crippen LogP contribution in [0.5, 0.6) is 5.75 Å². The minimum absolute atomic E-state index is 0.235. The van der Waals surface area contributed by atoms with E-state index in [0.717, 1.165) is 29.3 Å². The summed E-state index contributed by atoms with van der Waals surface area (Å²) < 4.78 is 5.99. The van der Waals surface area contributed by atoms with Crippen molar-refractivity contribution in [2.45, 2.75) is 31.8 Å². The molecule has 1 N–H and O–H groups in total. The van der Waals surface area contributed by atoms with Gasteiger partial charge in [-0.3, -0.25) is 9.78 Å². The maximum atomic E-state index is 12.5. The van der Waals surface area contributed by atoms with Crippen LogP contribution in [-0.4, -0.2) is 22.0 Å². The van der Waals surface area contributed by atoms with Crippen LogP contribution in [0.4, 0.5) is 5.69 Å². The molecule has 0 aliphatic heterocycles. The average molecular weight is 365 g/mol. The second-order valence-corrected chi connectivity index (χ2v) is 7.12. The number of hydrogen-bond donors (Lipinski definition) is 1. The van der Waals surface area contributed by atoms with Crippen molar-refractivity contribution in [3.63, 3.8) is 0 Å². The second kappa shape index (κ2) is 7.66. The first-order chi connectivity index (χ1) is 12.8. The highest BCUT2D eigenvalue weighted by Crippen LogP contribution is 2.26. The van der Waals surface area contributed by atoms with Gasteiger partial charge in [0.25, 0.3) is 5.91 Å². The zero-order valence-corrected chi connectivity index (χ0v) is 15.0. The fourth-order valence-corrected chi connectivity index (χ4v) is 3.80. The van der Waals surface area contributed by atoms with Crippen molar-refractivity contribution in [2.24, 2.45) is 0 Å². The zero-order valence-electron chi connectivity index (χ0n) is 14.2. The van der Waals surface area contributed by atoms with Gasteiger partial charge >= 0.3 is 0 Å². The van der Waals surface area contributed by atoms with E-state index < -0.39 is 0 Å². The molecule has 1 fully saturated rings. The molecular weight excluding hydrogens is 346 g/mol. The van der Waals surface area contributed by atoms with Gasteiger partial charge in [-0.15, -0.1) is 11.3 Å². The number of rotatable bonds is 5. The van der Waals surface area contributed by atoms with Crippen LogP contribution in [0.3, 0.4) is 0 Å². The highest BCUT2D eigenvalue weighted by Gasteiger charge is 2.17. The van der Waals surface area contributed by atoms with Gasteiger partial charge in [0.1, 0.15) is 16.5 Å². The molecule has 132 valence electrons. The number of amides is 1. The third kappa shape index (κ3) is 3.91. The zero-order chi connectivity index (χ0) is 17.8. The number of aromatic nitrogens is 2. The van der Waals surface area contributed by atoms with E-state index in [1.807, 2.05) is 42.5 Å². The highest BCUT2D eigenvalue weighted by molar-refractivity contribution is 7.13. The molecule has 0 radical (unpaired) electrons. The fourth-order valence-electron chi connectivity index (χ4n) is 3.03. The Morgan fingerprint density at radius 1 is 1.15 bits per heavy atom. The molecule has 0 unspecified atom stereocenters. The van der Waals surface area contributed by atoms with Gasteiger partial charge in [0.05, 0.1) is 11.8 Å². The summed E-state index contributed by atoms with van der Waals surface area (Å²) in [5.41, 5.74) is 1.86. The van der Waals surface area contributed by atoms with Gasteiger partial charge in [-0.05, 0) is 49.9 Å². The Morgan fingerprint density at radius 3 is 2.85 bits per heavy atom. The van der Waals surface area contributed by atoms with Gasteiger partial charge in [0, 0.05) is 23.3 Å². The van der Waals surface area contributed by atoms with Gasteiger partial charge in [0.15, 0.2) is 0 Å². The van der Waals surface area contributed by atoms with Gasteiger partial charge < -0.3 is 10.1 Å². The van der Waals surface area contributed by atoms with Crippen LogP contribution < -0.4 is 10.1 Å². The van der Waals surface area contributed by atoms with Crippen LogP contribution in [0.1, 0.15) is 36.2 Å². The number of thiazole rings is 1. The van der Waals surface area contributed by atoms with E-state index in [1.54, 1.807) is 11.6 Å². The lowest BCUT2D eigenvalue weighted by atomic mass is 10.2. The first kappa shape index (κ1) is 16.7. The van der Waals surface area contributed by atoms with E-state index in [0.29, 0.717) is 17.5 Å². The monoisotopic (exact) mass is 365 g/mol. The van der Waals surface area contributed by atoms with Gasteiger partial charge in [0.2, 0.25) is 0 Å². The molecule has 1 aliphatic carbocycles. The first-order valence-corrected chi connectivity index (χ1v) is 9.61. The van der Waals surface area contributed by atoms with Crippen molar-refractivity contribution in [3.05, 3.63) is 59.7 Å². The van der Waals surface area contributed by atoms with Crippen LogP contribution in [0.25, 0.3) is 10.7 Å².